The van der Waals surface area contributed by atoms with E-state index in [0.717, 1.165) is 0 Å². The number of likely N-dealkylation sites (N-methyl/N-ethyl adjacent to an activating group) is 1. The fraction of sp³-hybridized carbons (Fsp3) is 0.618. The van der Waals surface area contributed by atoms with Crippen molar-refractivity contribution in [1.29, 1.82) is 0 Å². The molecule has 15 nitrogen and oxygen atoms in total. The highest BCUT2D eigenvalue weighted by Gasteiger charge is 2.69. The van der Waals surface area contributed by atoms with Gasteiger partial charge in [0.05, 0.1) is 29.8 Å². The zero-order valence-corrected chi connectivity index (χ0v) is 29.4. The number of primary amides is 1. The second-order valence-corrected chi connectivity index (χ2v) is 15.1. The van der Waals surface area contributed by atoms with Crippen molar-refractivity contribution in [1.82, 2.24) is 9.80 Å². The van der Waals surface area contributed by atoms with Crippen molar-refractivity contribution >= 4 is 52.4 Å². The Labute approximate surface area is 285 Å². The SMILES string of the molecule is CC(C)COC(=O)N(CC(=O)Nc1cc(N(C)C)c2c(c1O)C(=O)C1C(=O)[C@]3(O)C(=O)C(C(N)=O)C(=O)[C@@H](N(C)C)[C@@H]3C[C@@H]1C2)C(C)(C)C. The Morgan fingerprint density at radius 1 is 1.08 bits per heavy atom. The Balaban J connectivity index is 1.75. The molecule has 5 N–H and O–H groups in total. The van der Waals surface area contributed by atoms with E-state index in [-0.39, 0.29) is 36.6 Å². The third-order valence-corrected chi connectivity index (χ3v) is 9.67. The summed E-state index contributed by atoms with van der Waals surface area (Å²) in [6.07, 6.45) is -0.742. The molecule has 0 aromatic heterocycles. The van der Waals surface area contributed by atoms with Crippen LogP contribution in [-0.2, 0) is 35.1 Å². The summed E-state index contributed by atoms with van der Waals surface area (Å²) in [5.41, 5.74) is 2.11. The number of phenols is 1. The number of ether oxygens (including phenoxy) is 1. The second kappa shape index (κ2) is 13.2. The van der Waals surface area contributed by atoms with Gasteiger partial charge < -0.3 is 30.9 Å². The molecule has 268 valence electrons. The summed E-state index contributed by atoms with van der Waals surface area (Å²) < 4.78 is 5.35. The zero-order chi connectivity index (χ0) is 37.1. The summed E-state index contributed by atoms with van der Waals surface area (Å²) >= 11 is 0. The van der Waals surface area contributed by atoms with Crippen molar-refractivity contribution in [3.8, 4) is 5.75 Å². The Morgan fingerprint density at radius 2 is 1.69 bits per heavy atom. The number of nitrogens with two attached hydrogens (primary N) is 1. The van der Waals surface area contributed by atoms with E-state index >= 15 is 0 Å². The van der Waals surface area contributed by atoms with Crippen molar-refractivity contribution in [3.63, 3.8) is 0 Å². The highest BCUT2D eigenvalue weighted by Crippen LogP contribution is 2.52. The summed E-state index contributed by atoms with van der Waals surface area (Å²) in [6.45, 7) is 8.62. The van der Waals surface area contributed by atoms with Gasteiger partial charge in [-0.15, -0.1) is 0 Å². The number of nitrogens with zero attached hydrogens (tertiary/aromatic N) is 3. The number of ketones is 4. The maximum absolute atomic E-state index is 14.3. The largest absolute Gasteiger partial charge is 0.505 e. The molecule has 3 amide bonds. The molecule has 0 radical (unpaired) electrons. The first-order valence-electron chi connectivity index (χ1n) is 16.2. The van der Waals surface area contributed by atoms with E-state index in [0.29, 0.717) is 11.3 Å². The van der Waals surface area contributed by atoms with Gasteiger partial charge in [0.2, 0.25) is 11.8 Å². The summed E-state index contributed by atoms with van der Waals surface area (Å²) in [5, 5.41) is 25.9. The first-order chi connectivity index (χ1) is 22.5. The molecule has 0 saturated heterocycles. The smallest absolute Gasteiger partial charge is 0.410 e. The van der Waals surface area contributed by atoms with Crippen LogP contribution >= 0.6 is 0 Å². The molecule has 3 aliphatic carbocycles. The minimum absolute atomic E-state index is 0.0562. The minimum atomic E-state index is -2.86. The number of carbonyl (C=O) groups excluding carboxylic acids is 7. The molecular weight excluding hydrogens is 638 g/mol. The lowest BCUT2D eigenvalue weighted by Crippen LogP contribution is -2.74. The first-order valence-corrected chi connectivity index (χ1v) is 16.2. The molecule has 2 unspecified atom stereocenters. The van der Waals surface area contributed by atoms with Gasteiger partial charge in [-0.2, -0.15) is 0 Å². The molecule has 1 aromatic rings. The lowest BCUT2D eigenvalue weighted by Gasteiger charge is -2.52. The molecule has 2 fully saturated rings. The number of nitrogens with one attached hydrogen (secondary N) is 1. The van der Waals surface area contributed by atoms with Crippen molar-refractivity contribution in [2.75, 3.05) is 51.6 Å². The summed E-state index contributed by atoms with van der Waals surface area (Å²) in [6, 6.07) is 0.267. The van der Waals surface area contributed by atoms with Gasteiger partial charge in [0.25, 0.3) is 0 Å². The van der Waals surface area contributed by atoms with E-state index in [1.165, 1.54) is 30.0 Å². The fourth-order valence-electron chi connectivity index (χ4n) is 7.37. The predicted octanol–water partition coefficient (Wildman–Crippen LogP) is 0.765. The monoisotopic (exact) mass is 685 g/mol. The lowest BCUT2D eigenvalue weighted by atomic mass is 9.52. The van der Waals surface area contributed by atoms with E-state index < -0.39 is 94.2 Å². The van der Waals surface area contributed by atoms with E-state index in [9.17, 15) is 43.8 Å². The molecule has 0 spiro atoms. The van der Waals surface area contributed by atoms with Crippen LogP contribution in [-0.4, -0.2) is 120 Å². The van der Waals surface area contributed by atoms with Crippen LogP contribution < -0.4 is 16.0 Å². The number of phenolic OH excluding ortho intramolecular Hbond substituents is 1. The van der Waals surface area contributed by atoms with Gasteiger partial charge >= 0.3 is 6.09 Å². The average molecular weight is 686 g/mol. The Hall–Kier alpha value is -4.37. The van der Waals surface area contributed by atoms with Gasteiger partial charge in [0.15, 0.2) is 34.7 Å². The van der Waals surface area contributed by atoms with E-state index in [1.54, 1.807) is 39.8 Å². The van der Waals surface area contributed by atoms with Gasteiger partial charge in [-0.1, -0.05) is 13.8 Å². The highest BCUT2D eigenvalue weighted by atomic mass is 16.6. The maximum atomic E-state index is 14.3. The normalized spacial score (nSPS) is 26.6. The molecule has 3 aliphatic rings. The first kappa shape index (κ1) is 37.4. The number of amides is 3. The molecule has 4 rings (SSSR count). The Morgan fingerprint density at radius 3 is 2.20 bits per heavy atom. The standard InChI is InChI=1S/C34H47N5O10/c1-15(2)14-49-32(47)39(33(3,4)5)13-21(40)36-19-12-20(37(6)7)17-10-16-11-18-25(38(8)9)28(43)24(31(35)46)30(45)34(18,48)29(44)22(16)27(42)23(17)26(19)41/h12,15-16,18,22,24-25,41,48H,10-11,13-14H2,1-9H3,(H2,35,46)(H,36,40)/t16-,18-,22?,24?,25-,34-/m0/s1. The number of aliphatic hydroxyl groups is 1. The number of carbonyl (C=O) groups is 7. The molecule has 15 heteroatoms. The third kappa shape index (κ3) is 6.41. The number of rotatable bonds is 8. The third-order valence-electron chi connectivity index (χ3n) is 9.67. The number of aromatic hydroxyl groups is 1. The van der Waals surface area contributed by atoms with Crippen LogP contribution in [0.25, 0.3) is 0 Å². The number of anilines is 2. The Bertz CT molecular complexity index is 1610. The van der Waals surface area contributed by atoms with Crippen LogP contribution in [0.5, 0.6) is 5.75 Å². The van der Waals surface area contributed by atoms with Crippen molar-refractivity contribution in [3.05, 3.63) is 17.2 Å². The van der Waals surface area contributed by atoms with E-state index in [2.05, 4.69) is 5.32 Å². The minimum Gasteiger partial charge on any atom is -0.505 e. The molecular formula is C34H47N5O10. The molecule has 0 bridgehead atoms. The van der Waals surface area contributed by atoms with Gasteiger partial charge in [0.1, 0.15) is 12.3 Å². The number of benzene rings is 1. The van der Waals surface area contributed by atoms with E-state index in [4.69, 9.17) is 10.5 Å². The summed E-state index contributed by atoms with van der Waals surface area (Å²) in [7, 11) is 6.41. The van der Waals surface area contributed by atoms with Crippen LogP contribution in [0.1, 0.15) is 57.0 Å². The van der Waals surface area contributed by atoms with E-state index in [1.807, 2.05) is 13.8 Å². The van der Waals surface area contributed by atoms with Crippen LogP contribution in [0.3, 0.4) is 0 Å². The molecule has 0 aliphatic heterocycles. The number of Topliss-reactive ketones (excluding diaryl/α,β-unsaturated/α-hetero) is 4. The van der Waals surface area contributed by atoms with Gasteiger partial charge in [0, 0.05) is 31.2 Å². The van der Waals surface area contributed by atoms with Crippen molar-refractivity contribution in [2.45, 2.75) is 64.6 Å². The van der Waals surface area contributed by atoms with Crippen LogP contribution in [0, 0.1) is 29.6 Å². The molecule has 49 heavy (non-hydrogen) atoms. The zero-order valence-electron chi connectivity index (χ0n) is 29.4. The quantitative estimate of drug-likeness (QED) is 0.220. The molecule has 1 aromatic carbocycles. The van der Waals surface area contributed by atoms with Gasteiger partial charge in [-0.3, -0.25) is 38.6 Å². The van der Waals surface area contributed by atoms with Crippen LogP contribution in [0.2, 0.25) is 0 Å². The highest BCUT2D eigenvalue weighted by molar-refractivity contribution is 6.32. The summed E-state index contributed by atoms with van der Waals surface area (Å²) in [4.78, 5) is 98.1. The average Bonchev–Trinajstić information content (AvgIpc) is 2.96. The van der Waals surface area contributed by atoms with Crippen molar-refractivity contribution in [2.24, 2.45) is 35.3 Å². The summed E-state index contributed by atoms with van der Waals surface area (Å²) in [5.74, 6) is -12.5. The topological polar surface area (TPSA) is 217 Å². The lowest BCUT2D eigenvalue weighted by molar-refractivity contribution is -0.181. The number of fused-ring (bicyclic) bond motifs is 3. The Kier molecular flexibility index (Phi) is 10.1. The molecule has 2 saturated carbocycles. The van der Waals surface area contributed by atoms with Crippen LogP contribution in [0.4, 0.5) is 16.2 Å². The van der Waals surface area contributed by atoms with Gasteiger partial charge in [-0.05, 0) is 71.2 Å². The molecule has 6 atom stereocenters. The number of hydrogen-bond acceptors (Lipinski definition) is 12. The predicted molar refractivity (Wildman–Crippen MR) is 177 cm³/mol. The maximum Gasteiger partial charge on any atom is 0.410 e. The molecule has 0 heterocycles. The second-order valence-electron chi connectivity index (χ2n) is 15.1. The number of hydrogen-bond donors (Lipinski definition) is 4. The fourth-order valence-corrected chi connectivity index (χ4v) is 7.37. The van der Waals surface area contributed by atoms with Crippen LogP contribution in [0.15, 0.2) is 6.07 Å². The van der Waals surface area contributed by atoms with Gasteiger partial charge in [-0.25, -0.2) is 4.79 Å². The van der Waals surface area contributed by atoms with Crippen molar-refractivity contribution < 1.29 is 48.5 Å².